The summed E-state index contributed by atoms with van der Waals surface area (Å²) in [5.74, 6) is 0.579. The van der Waals surface area contributed by atoms with Crippen LogP contribution in [0.3, 0.4) is 0 Å². The van der Waals surface area contributed by atoms with Crippen LogP contribution in [-0.4, -0.2) is 39.1 Å². The molecule has 2 amide bonds. The van der Waals surface area contributed by atoms with Crippen LogP contribution in [0.5, 0.6) is 0 Å². The van der Waals surface area contributed by atoms with Crippen molar-refractivity contribution < 1.29 is 9.59 Å². The number of nitrogens with one attached hydrogen (secondary N) is 1. The summed E-state index contributed by atoms with van der Waals surface area (Å²) in [6.45, 7) is 6.78. The Hall–Kier alpha value is -1.85. The highest BCUT2D eigenvalue weighted by molar-refractivity contribution is 5.96. The Morgan fingerprint density at radius 1 is 1.45 bits per heavy atom. The molecular formula is C14H22N4O2. The van der Waals surface area contributed by atoms with E-state index in [0.29, 0.717) is 13.1 Å². The molecule has 2 rings (SSSR count). The van der Waals surface area contributed by atoms with Crippen molar-refractivity contribution in [1.29, 1.82) is 0 Å². The number of carbonyl (C=O) groups excluding carboxylic acids is 2. The van der Waals surface area contributed by atoms with E-state index in [-0.39, 0.29) is 17.9 Å². The van der Waals surface area contributed by atoms with Gasteiger partial charge in [0.15, 0.2) is 0 Å². The predicted octanol–water partition coefficient (Wildman–Crippen LogP) is 1.55. The fraction of sp³-hybridized carbons (Fsp3) is 0.643. The first-order valence-electron chi connectivity index (χ1n) is 7.15. The first kappa shape index (κ1) is 14.6. The Morgan fingerprint density at radius 3 is 2.85 bits per heavy atom. The van der Waals surface area contributed by atoms with Crippen LogP contribution in [0.1, 0.15) is 38.7 Å². The van der Waals surface area contributed by atoms with Crippen molar-refractivity contribution in [3.05, 3.63) is 11.8 Å². The van der Waals surface area contributed by atoms with E-state index in [9.17, 15) is 9.59 Å². The van der Waals surface area contributed by atoms with E-state index in [4.69, 9.17) is 0 Å². The van der Waals surface area contributed by atoms with Gasteiger partial charge in [0.25, 0.3) is 0 Å². The Morgan fingerprint density at radius 2 is 2.20 bits per heavy atom. The van der Waals surface area contributed by atoms with E-state index in [0.717, 1.165) is 30.6 Å². The van der Waals surface area contributed by atoms with E-state index < -0.39 is 0 Å². The highest BCUT2D eigenvalue weighted by Gasteiger charge is 2.31. The maximum atomic E-state index is 12.5. The number of amides is 2. The van der Waals surface area contributed by atoms with Crippen LogP contribution in [0.25, 0.3) is 0 Å². The van der Waals surface area contributed by atoms with Crippen molar-refractivity contribution in [2.24, 2.45) is 0 Å². The summed E-state index contributed by atoms with van der Waals surface area (Å²) in [7, 11) is 0. The summed E-state index contributed by atoms with van der Waals surface area (Å²) < 4.78 is 1.76. The van der Waals surface area contributed by atoms with Crippen LogP contribution >= 0.6 is 0 Å². The van der Waals surface area contributed by atoms with E-state index in [1.54, 1.807) is 15.8 Å². The van der Waals surface area contributed by atoms with Gasteiger partial charge in [-0.25, -0.2) is 4.68 Å². The van der Waals surface area contributed by atoms with Gasteiger partial charge in [0.1, 0.15) is 11.9 Å². The predicted molar refractivity (Wildman–Crippen MR) is 76.3 cm³/mol. The lowest BCUT2D eigenvalue weighted by molar-refractivity contribution is -0.138. The zero-order valence-corrected chi connectivity index (χ0v) is 12.3. The van der Waals surface area contributed by atoms with Gasteiger partial charge in [-0.05, 0) is 33.1 Å². The largest absolute Gasteiger partial charge is 0.331 e. The molecule has 1 aliphatic rings. The minimum absolute atomic E-state index is 0.0365. The zero-order valence-electron chi connectivity index (χ0n) is 12.3. The molecule has 1 aromatic rings. The number of hydrogen-bond donors (Lipinski definition) is 1. The molecule has 0 aliphatic carbocycles. The molecule has 1 unspecified atom stereocenters. The van der Waals surface area contributed by atoms with Gasteiger partial charge in [-0.2, -0.15) is 5.10 Å². The van der Waals surface area contributed by atoms with Crippen molar-refractivity contribution in [1.82, 2.24) is 14.7 Å². The molecule has 1 saturated heterocycles. The van der Waals surface area contributed by atoms with E-state index in [2.05, 4.69) is 10.4 Å². The number of aromatic nitrogens is 2. The third-order valence-corrected chi connectivity index (χ3v) is 3.77. The maximum absolute atomic E-state index is 12.5. The number of anilines is 1. The highest BCUT2D eigenvalue weighted by atomic mass is 16.2. The molecule has 110 valence electrons. The number of hydrogen-bond acceptors (Lipinski definition) is 3. The molecule has 0 radical (unpaired) electrons. The van der Waals surface area contributed by atoms with Crippen molar-refractivity contribution in [2.45, 2.75) is 52.6 Å². The lowest BCUT2D eigenvalue weighted by atomic mass is 10.0. The Kier molecular flexibility index (Phi) is 4.42. The molecule has 0 saturated carbocycles. The molecule has 0 bridgehead atoms. The van der Waals surface area contributed by atoms with Gasteiger partial charge in [-0.1, -0.05) is 0 Å². The standard InChI is InChI=1S/C14H22N4O2/c1-4-18-13(10(2)9-15-18)16-14(20)12-7-5-6-8-17(12)11(3)19/h9,12H,4-8H2,1-3H3,(H,16,20). The molecule has 2 heterocycles. The first-order valence-corrected chi connectivity index (χ1v) is 7.15. The first-order chi connectivity index (χ1) is 9.54. The lowest BCUT2D eigenvalue weighted by Gasteiger charge is -2.33. The third kappa shape index (κ3) is 2.84. The van der Waals surface area contributed by atoms with Crippen LogP contribution in [0.2, 0.25) is 0 Å². The van der Waals surface area contributed by atoms with Crippen molar-refractivity contribution >= 4 is 17.6 Å². The summed E-state index contributed by atoms with van der Waals surface area (Å²) >= 11 is 0. The van der Waals surface area contributed by atoms with Crippen LogP contribution in [0.15, 0.2) is 6.20 Å². The maximum Gasteiger partial charge on any atom is 0.248 e. The second-order valence-electron chi connectivity index (χ2n) is 5.21. The smallest absolute Gasteiger partial charge is 0.248 e. The molecule has 0 aromatic carbocycles. The summed E-state index contributed by atoms with van der Waals surface area (Å²) in [4.78, 5) is 25.8. The van der Waals surface area contributed by atoms with Gasteiger partial charge in [-0.15, -0.1) is 0 Å². The van der Waals surface area contributed by atoms with Crippen LogP contribution in [0, 0.1) is 6.92 Å². The Balaban J connectivity index is 2.14. The number of likely N-dealkylation sites (tertiary alicyclic amines) is 1. The molecule has 1 atom stereocenters. The molecule has 20 heavy (non-hydrogen) atoms. The van der Waals surface area contributed by atoms with Gasteiger partial charge < -0.3 is 10.2 Å². The SMILES string of the molecule is CCn1ncc(C)c1NC(=O)C1CCCCN1C(C)=O. The number of carbonyl (C=O) groups is 2. The molecule has 1 aromatic heterocycles. The zero-order chi connectivity index (χ0) is 14.7. The van der Waals surface area contributed by atoms with Gasteiger partial charge in [0.05, 0.1) is 6.20 Å². The van der Waals surface area contributed by atoms with Crippen molar-refractivity contribution in [2.75, 3.05) is 11.9 Å². The number of piperidine rings is 1. The van der Waals surface area contributed by atoms with Crippen LogP contribution in [0.4, 0.5) is 5.82 Å². The summed E-state index contributed by atoms with van der Waals surface area (Å²) in [5.41, 5.74) is 0.936. The van der Waals surface area contributed by atoms with Crippen LogP contribution < -0.4 is 5.32 Å². The van der Waals surface area contributed by atoms with Gasteiger partial charge in [0.2, 0.25) is 11.8 Å². The highest BCUT2D eigenvalue weighted by Crippen LogP contribution is 2.20. The minimum atomic E-state index is -0.360. The third-order valence-electron chi connectivity index (χ3n) is 3.77. The molecule has 6 heteroatoms. The quantitative estimate of drug-likeness (QED) is 0.912. The average molecular weight is 278 g/mol. The Bertz CT molecular complexity index is 509. The second kappa shape index (κ2) is 6.07. The molecule has 1 N–H and O–H groups in total. The van der Waals surface area contributed by atoms with Crippen molar-refractivity contribution in [3.63, 3.8) is 0 Å². The average Bonchev–Trinajstić information content (AvgIpc) is 2.79. The number of rotatable bonds is 3. The van der Waals surface area contributed by atoms with Crippen LogP contribution in [-0.2, 0) is 16.1 Å². The molecule has 1 fully saturated rings. The molecule has 6 nitrogen and oxygen atoms in total. The fourth-order valence-corrected chi connectivity index (χ4v) is 2.66. The van der Waals surface area contributed by atoms with Gasteiger partial charge in [-0.3, -0.25) is 9.59 Å². The molecule has 1 aliphatic heterocycles. The Labute approximate surface area is 119 Å². The molecule has 0 spiro atoms. The van der Waals surface area contributed by atoms with E-state index in [1.165, 1.54) is 6.92 Å². The van der Waals surface area contributed by atoms with Crippen molar-refractivity contribution in [3.8, 4) is 0 Å². The summed E-state index contributed by atoms with van der Waals surface area (Å²) in [5, 5.41) is 7.14. The summed E-state index contributed by atoms with van der Waals surface area (Å²) in [6.07, 6.45) is 4.41. The molecular weight excluding hydrogens is 256 g/mol. The van der Waals surface area contributed by atoms with E-state index >= 15 is 0 Å². The number of nitrogens with zero attached hydrogens (tertiary/aromatic N) is 3. The lowest BCUT2D eigenvalue weighted by Crippen LogP contribution is -2.49. The minimum Gasteiger partial charge on any atom is -0.331 e. The van der Waals surface area contributed by atoms with Gasteiger partial charge in [0, 0.05) is 25.6 Å². The van der Waals surface area contributed by atoms with E-state index in [1.807, 2.05) is 13.8 Å². The second-order valence-corrected chi connectivity index (χ2v) is 5.21. The topological polar surface area (TPSA) is 67.2 Å². The summed E-state index contributed by atoms with van der Waals surface area (Å²) in [6, 6.07) is -0.360. The fourth-order valence-electron chi connectivity index (χ4n) is 2.66. The van der Waals surface area contributed by atoms with Gasteiger partial charge >= 0.3 is 0 Å². The normalized spacial score (nSPS) is 18.9. The number of aryl methyl sites for hydroxylation is 2. The monoisotopic (exact) mass is 278 g/mol.